The van der Waals surface area contributed by atoms with Crippen LogP contribution >= 0.6 is 0 Å². The molecule has 36 heavy (non-hydrogen) atoms. The minimum Gasteiger partial charge on any atom is -0.469 e. The van der Waals surface area contributed by atoms with E-state index in [0.717, 1.165) is 0 Å². The molecule has 4 aliphatic rings. The minimum absolute atomic E-state index is 0.110. The van der Waals surface area contributed by atoms with Crippen molar-refractivity contribution in [2.24, 2.45) is 28.6 Å². The number of hydrogen-bond donors (Lipinski definition) is 0. The Balaban J connectivity index is 1.87. The molecule has 0 aromatic rings. The summed E-state index contributed by atoms with van der Waals surface area (Å²) in [6, 6.07) is 0. The van der Waals surface area contributed by atoms with Gasteiger partial charge in [0.05, 0.1) is 13.0 Å². The first-order valence-electron chi connectivity index (χ1n) is 12.3. The van der Waals surface area contributed by atoms with E-state index in [1.165, 1.54) is 33.1 Å². The quantitative estimate of drug-likeness (QED) is 0.414. The standard InChI is InChI=1S/C27H33FO8/c1-15(29)35-14-22(32)26(36-16(2)30)11-9-19-20-7-6-17-12-18(31)8-10-24(17,3)27(20,28)21(23(33)34-5)13-25(19,26)4/h8,10,12,19-21H,6-7,9,11,13-14H2,1-5H3/t19?,20?,21?,24-,25-,26-,27-/m0/s1. The Bertz CT molecular complexity index is 1090. The summed E-state index contributed by atoms with van der Waals surface area (Å²) >= 11 is 0. The highest BCUT2D eigenvalue weighted by atomic mass is 19.1. The summed E-state index contributed by atoms with van der Waals surface area (Å²) in [4.78, 5) is 62.6. The predicted octanol–water partition coefficient (Wildman–Crippen LogP) is 3.22. The SMILES string of the molecule is COC(=O)C1C[C@@]2(C)C(CC[C@]2(OC(C)=O)C(=O)COC(C)=O)C2CCC3=CC(=O)C=C[C@]3(C)[C@@]12F. The third kappa shape index (κ3) is 3.41. The molecule has 0 radical (unpaired) electrons. The lowest BCUT2D eigenvalue weighted by Crippen LogP contribution is -2.69. The summed E-state index contributed by atoms with van der Waals surface area (Å²) < 4.78 is 33.6. The Morgan fingerprint density at radius 3 is 2.39 bits per heavy atom. The number of ether oxygens (including phenoxy) is 3. The van der Waals surface area contributed by atoms with Gasteiger partial charge >= 0.3 is 17.9 Å². The van der Waals surface area contributed by atoms with Gasteiger partial charge in [-0.15, -0.1) is 0 Å². The Morgan fingerprint density at radius 2 is 1.78 bits per heavy atom. The molecular weight excluding hydrogens is 471 g/mol. The molecule has 0 amide bonds. The van der Waals surface area contributed by atoms with Gasteiger partial charge in [-0.05, 0) is 63.0 Å². The summed E-state index contributed by atoms with van der Waals surface area (Å²) in [6.07, 6.45) is 5.60. The number of esters is 3. The summed E-state index contributed by atoms with van der Waals surface area (Å²) in [5, 5.41) is 0. The highest BCUT2D eigenvalue weighted by molar-refractivity contribution is 6.01. The molecule has 0 saturated heterocycles. The van der Waals surface area contributed by atoms with Crippen LogP contribution < -0.4 is 0 Å². The topological polar surface area (TPSA) is 113 Å². The average molecular weight is 505 g/mol. The van der Waals surface area contributed by atoms with E-state index in [0.29, 0.717) is 24.8 Å². The van der Waals surface area contributed by atoms with Crippen LogP contribution in [0, 0.1) is 28.6 Å². The first-order chi connectivity index (χ1) is 16.8. The number of hydrogen-bond acceptors (Lipinski definition) is 8. The van der Waals surface area contributed by atoms with Gasteiger partial charge in [-0.25, -0.2) is 4.39 Å². The Morgan fingerprint density at radius 1 is 1.08 bits per heavy atom. The molecule has 0 N–H and O–H groups in total. The second kappa shape index (κ2) is 8.63. The lowest BCUT2D eigenvalue weighted by Gasteiger charge is -2.63. The Kier molecular flexibility index (Phi) is 6.29. The van der Waals surface area contributed by atoms with Crippen molar-refractivity contribution < 1.29 is 42.6 Å². The van der Waals surface area contributed by atoms with Crippen LogP contribution in [0.5, 0.6) is 0 Å². The van der Waals surface area contributed by atoms with Crippen LogP contribution in [0.25, 0.3) is 0 Å². The normalized spacial score (nSPS) is 40.8. The lowest BCUT2D eigenvalue weighted by molar-refractivity contribution is -0.216. The molecule has 196 valence electrons. The van der Waals surface area contributed by atoms with E-state index in [4.69, 9.17) is 14.2 Å². The predicted molar refractivity (Wildman–Crippen MR) is 124 cm³/mol. The van der Waals surface area contributed by atoms with Crippen LogP contribution in [0.4, 0.5) is 4.39 Å². The molecule has 0 aromatic heterocycles. The maximum Gasteiger partial charge on any atom is 0.311 e. The van der Waals surface area contributed by atoms with Crippen molar-refractivity contribution in [3.63, 3.8) is 0 Å². The molecule has 3 unspecified atom stereocenters. The first kappa shape index (κ1) is 26.2. The lowest BCUT2D eigenvalue weighted by atomic mass is 9.42. The van der Waals surface area contributed by atoms with Crippen molar-refractivity contribution in [2.45, 2.75) is 71.1 Å². The zero-order valence-corrected chi connectivity index (χ0v) is 21.4. The molecule has 0 spiro atoms. The molecule has 0 bridgehead atoms. The zero-order valence-electron chi connectivity index (χ0n) is 21.4. The van der Waals surface area contributed by atoms with Crippen LogP contribution in [0.1, 0.15) is 59.8 Å². The van der Waals surface area contributed by atoms with E-state index in [1.807, 2.05) is 0 Å². The van der Waals surface area contributed by atoms with Crippen molar-refractivity contribution >= 4 is 29.5 Å². The van der Waals surface area contributed by atoms with Gasteiger partial charge in [0.1, 0.15) is 5.67 Å². The molecule has 4 rings (SSSR count). The van der Waals surface area contributed by atoms with Crippen LogP contribution in [0.15, 0.2) is 23.8 Å². The van der Waals surface area contributed by atoms with Gasteiger partial charge in [-0.2, -0.15) is 0 Å². The number of Topliss-reactive ketones (excluding diaryl/α,β-unsaturated/α-hetero) is 1. The number of halogens is 1. The monoisotopic (exact) mass is 504 g/mol. The van der Waals surface area contributed by atoms with Gasteiger partial charge < -0.3 is 14.2 Å². The molecule has 3 saturated carbocycles. The highest BCUT2D eigenvalue weighted by Gasteiger charge is 2.76. The van der Waals surface area contributed by atoms with Crippen LogP contribution in [0.2, 0.25) is 0 Å². The van der Waals surface area contributed by atoms with Gasteiger partial charge in [0, 0.05) is 24.7 Å². The number of carbonyl (C=O) groups is 5. The minimum atomic E-state index is -2.09. The van der Waals surface area contributed by atoms with E-state index in [2.05, 4.69) is 0 Å². The summed E-state index contributed by atoms with van der Waals surface area (Å²) in [5.74, 6) is -5.26. The maximum atomic E-state index is 17.8. The molecule has 8 nitrogen and oxygen atoms in total. The van der Waals surface area contributed by atoms with Crippen LogP contribution in [0.3, 0.4) is 0 Å². The zero-order chi connectivity index (χ0) is 26.7. The molecule has 9 heteroatoms. The van der Waals surface area contributed by atoms with Crippen LogP contribution in [-0.2, 0) is 38.2 Å². The molecule has 7 atom stereocenters. The van der Waals surface area contributed by atoms with Crippen molar-refractivity contribution in [1.82, 2.24) is 0 Å². The van der Waals surface area contributed by atoms with E-state index in [-0.39, 0.29) is 18.6 Å². The third-order valence-corrected chi connectivity index (χ3v) is 9.45. The third-order valence-electron chi connectivity index (χ3n) is 9.45. The maximum absolute atomic E-state index is 17.8. The number of alkyl halides is 1. The molecular formula is C27H33FO8. The molecule has 0 aliphatic heterocycles. The number of allylic oxidation sites excluding steroid dienone is 4. The number of carbonyl (C=O) groups excluding carboxylic acids is 5. The van der Waals surface area contributed by atoms with Crippen molar-refractivity contribution in [3.05, 3.63) is 23.8 Å². The number of ketones is 2. The van der Waals surface area contributed by atoms with Crippen molar-refractivity contribution in [3.8, 4) is 0 Å². The second-order valence-corrected chi connectivity index (χ2v) is 11.0. The number of methoxy groups -OCH3 is 1. The van der Waals surface area contributed by atoms with E-state index in [1.54, 1.807) is 19.9 Å². The Labute approximate surface area is 209 Å². The van der Waals surface area contributed by atoms with Crippen molar-refractivity contribution in [2.75, 3.05) is 13.7 Å². The van der Waals surface area contributed by atoms with Gasteiger partial charge in [0.25, 0.3) is 0 Å². The molecule has 0 heterocycles. The summed E-state index contributed by atoms with van der Waals surface area (Å²) in [6.45, 7) is 5.26. The fourth-order valence-corrected chi connectivity index (χ4v) is 7.86. The van der Waals surface area contributed by atoms with Gasteiger partial charge in [0.15, 0.2) is 18.0 Å². The summed E-state index contributed by atoms with van der Waals surface area (Å²) in [5.41, 5.74) is -5.45. The molecule has 0 aromatic carbocycles. The second-order valence-electron chi connectivity index (χ2n) is 11.0. The summed E-state index contributed by atoms with van der Waals surface area (Å²) in [7, 11) is 1.19. The fraction of sp³-hybridized carbons (Fsp3) is 0.667. The smallest absolute Gasteiger partial charge is 0.311 e. The van der Waals surface area contributed by atoms with Gasteiger partial charge in [0.2, 0.25) is 5.78 Å². The van der Waals surface area contributed by atoms with Gasteiger partial charge in [-0.1, -0.05) is 18.6 Å². The molecule has 3 fully saturated rings. The number of rotatable bonds is 5. The van der Waals surface area contributed by atoms with E-state index >= 15 is 4.39 Å². The van der Waals surface area contributed by atoms with Crippen LogP contribution in [-0.4, -0.2) is 54.5 Å². The fourth-order valence-electron chi connectivity index (χ4n) is 7.86. The number of fused-ring (bicyclic) bond motifs is 5. The average Bonchev–Trinajstić information content (AvgIpc) is 3.09. The van der Waals surface area contributed by atoms with E-state index in [9.17, 15) is 24.0 Å². The first-order valence-corrected chi connectivity index (χ1v) is 12.3. The van der Waals surface area contributed by atoms with E-state index < -0.39 is 70.2 Å². The molecule has 4 aliphatic carbocycles. The Hall–Kier alpha value is -2.84. The van der Waals surface area contributed by atoms with Crippen molar-refractivity contribution in [1.29, 1.82) is 0 Å². The largest absolute Gasteiger partial charge is 0.469 e. The van der Waals surface area contributed by atoms with Gasteiger partial charge in [-0.3, -0.25) is 24.0 Å². The highest BCUT2D eigenvalue weighted by Crippen LogP contribution is 2.72.